The highest BCUT2D eigenvalue weighted by Crippen LogP contribution is 2.43. The Labute approximate surface area is 166 Å². The van der Waals surface area contributed by atoms with Crippen molar-refractivity contribution in [3.63, 3.8) is 0 Å². The number of methoxy groups -OCH3 is 1. The van der Waals surface area contributed by atoms with Crippen LogP contribution in [0.25, 0.3) is 5.78 Å². The molecule has 1 fully saturated rings. The molecule has 9 heteroatoms. The topological polar surface area (TPSA) is 64.3 Å². The quantitative estimate of drug-likeness (QED) is 0.666. The van der Waals surface area contributed by atoms with Gasteiger partial charge < -0.3 is 10.1 Å². The second kappa shape index (κ2) is 7.62. The Bertz CT molecular complexity index is 995. The molecule has 0 atom stereocenters. The largest absolute Gasteiger partial charge is 0.416 e. The number of nitrogens with one attached hydrogen (secondary N) is 1. The van der Waals surface area contributed by atoms with E-state index in [1.807, 2.05) is 6.07 Å². The van der Waals surface area contributed by atoms with Crippen LogP contribution in [0.3, 0.4) is 0 Å². The molecule has 0 aliphatic heterocycles. The molecule has 2 heterocycles. The minimum atomic E-state index is -4.35. The van der Waals surface area contributed by atoms with Crippen LogP contribution in [0.15, 0.2) is 36.7 Å². The number of halogens is 3. The molecule has 1 aromatic carbocycles. The molecule has 0 unspecified atom stereocenters. The van der Waals surface area contributed by atoms with Gasteiger partial charge in [-0.05, 0) is 24.5 Å². The number of hydrogen-bond donors (Lipinski definition) is 1. The maximum atomic E-state index is 13.2. The van der Waals surface area contributed by atoms with Crippen LogP contribution in [0.5, 0.6) is 0 Å². The number of nitrogens with zero attached hydrogens (tertiary/aromatic N) is 4. The van der Waals surface area contributed by atoms with Gasteiger partial charge in [0.05, 0.1) is 17.9 Å². The zero-order valence-electron chi connectivity index (χ0n) is 16.0. The Morgan fingerprint density at radius 3 is 2.72 bits per heavy atom. The minimum Gasteiger partial charge on any atom is -0.378 e. The summed E-state index contributed by atoms with van der Waals surface area (Å²) in [5.41, 5.74) is 0.457. The Hall–Kier alpha value is -2.68. The third-order valence-electron chi connectivity index (χ3n) is 5.57. The van der Waals surface area contributed by atoms with Crippen molar-refractivity contribution in [2.24, 2.45) is 0 Å². The lowest BCUT2D eigenvalue weighted by atomic mass is 9.78. The molecule has 0 bridgehead atoms. The molecule has 1 saturated carbocycles. The number of alkyl halides is 3. The van der Waals surface area contributed by atoms with E-state index >= 15 is 0 Å². The molecule has 6 nitrogen and oxygen atoms in total. The molecule has 1 aliphatic rings. The normalized spacial score (nSPS) is 16.4. The van der Waals surface area contributed by atoms with E-state index in [2.05, 4.69) is 20.4 Å². The van der Waals surface area contributed by atoms with E-state index in [0.29, 0.717) is 30.4 Å². The van der Waals surface area contributed by atoms with Crippen LogP contribution in [0.2, 0.25) is 0 Å². The summed E-state index contributed by atoms with van der Waals surface area (Å²) in [5, 5.41) is 7.59. The fourth-order valence-electron chi connectivity index (χ4n) is 4.11. The van der Waals surface area contributed by atoms with Crippen LogP contribution >= 0.6 is 0 Å². The van der Waals surface area contributed by atoms with Gasteiger partial charge in [0.2, 0.25) is 0 Å². The summed E-state index contributed by atoms with van der Waals surface area (Å²) in [5.74, 6) is 1.14. The van der Waals surface area contributed by atoms with Gasteiger partial charge in [-0.1, -0.05) is 31.0 Å². The highest BCUT2D eigenvalue weighted by molar-refractivity contribution is 5.46. The van der Waals surface area contributed by atoms with Crippen molar-refractivity contribution >= 4 is 11.6 Å². The van der Waals surface area contributed by atoms with E-state index in [4.69, 9.17) is 4.74 Å². The fourth-order valence-corrected chi connectivity index (χ4v) is 4.11. The van der Waals surface area contributed by atoms with E-state index in [1.54, 1.807) is 17.7 Å². The third-order valence-corrected chi connectivity index (χ3v) is 5.57. The average molecular weight is 405 g/mol. The molecule has 3 aromatic rings. The van der Waals surface area contributed by atoms with Crippen molar-refractivity contribution in [2.45, 2.75) is 43.9 Å². The number of fused-ring (bicyclic) bond motifs is 1. The van der Waals surface area contributed by atoms with Gasteiger partial charge in [0, 0.05) is 25.1 Å². The minimum absolute atomic E-state index is 0.330. The van der Waals surface area contributed by atoms with Crippen LogP contribution in [0, 0.1) is 0 Å². The molecule has 0 radical (unpaired) electrons. The highest BCUT2D eigenvalue weighted by Gasteiger charge is 2.38. The van der Waals surface area contributed by atoms with E-state index in [-0.39, 0.29) is 5.41 Å². The predicted octanol–water partition coefficient (Wildman–Crippen LogP) is 4.21. The number of aromatic nitrogens is 4. The Balaban J connectivity index is 1.65. The van der Waals surface area contributed by atoms with Gasteiger partial charge in [-0.2, -0.15) is 27.8 Å². The van der Waals surface area contributed by atoms with Gasteiger partial charge in [0.15, 0.2) is 0 Å². The first kappa shape index (κ1) is 19.6. The lowest BCUT2D eigenvalue weighted by Crippen LogP contribution is -2.32. The van der Waals surface area contributed by atoms with Crippen LogP contribution in [0.1, 0.15) is 42.5 Å². The maximum absolute atomic E-state index is 13.2. The van der Waals surface area contributed by atoms with Crippen molar-refractivity contribution in [3.05, 3.63) is 53.5 Å². The van der Waals surface area contributed by atoms with E-state index in [1.165, 1.54) is 18.5 Å². The van der Waals surface area contributed by atoms with Crippen LogP contribution < -0.4 is 5.32 Å². The second-order valence-corrected chi connectivity index (χ2v) is 7.46. The van der Waals surface area contributed by atoms with Crippen LogP contribution in [0.4, 0.5) is 19.0 Å². The van der Waals surface area contributed by atoms with Crippen molar-refractivity contribution in [1.82, 2.24) is 19.6 Å². The molecule has 4 rings (SSSR count). The van der Waals surface area contributed by atoms with Gasteiger partial charge in [0.25, 0.3) is 5.78 Å². The number of hydrogen-bond acceptors (Lipinski definition) is 5. The standard InChI is InChI=1S/C20H22F3N5O/c1-29-11-16-10-17(28-18(27-16)25-13-26-28)24-12-19(7-2-3-8-19)14-5-4-6-15(9-14)20(21,22)23/h4-6,9-10,13,24H,2-3,7-8,11-12H2,1H3. The van der Waals surface area contributed by atoms with Gasteiger partial charge in [-0.25, -0.2) is 4.98 Å². The van der Waals surface area contributed by atoms with Crippen molar-refractivity contribution < 1.29 is 17.9 Å². The molecule has 1 N–H and O–H groups in total. The highest BCUT2D eigenvalue weighted by atomic mass is 19.4. The van der Waals surface area contributed by atoms with Crippen molar-refractivity contribution in [2.75, 3.05) is 19.0 Å². The van der Waals surface area contributed by atoms with E-state index < -0.39 is 11.7 Å². The molecular formula is C20H22F3N5O. The first-order chi connectivity index (χ1) is 13.9. The number of ether oxygens (including phenoxy) is 1. The zero-order chi connectivity index (χ0) is 20.5. The lowest BCUT2D eigenvalue weighted by Gasteiger charge is -2.31. The van der Waals surface area contributed by atoms with Gasteiger partial charge >= 0.3 is 6.18 Å². The van der Waals surface area contributed by atoms with Gasteiger partial charge in [-0.3, -0.25) is 0 Å². The summed E-state index contributed by atoms with van der Waals surface area (Å²) in [4.78, 5) is 8.52. The Morgan fingerprint density at radius 2 is 2.00 bits per heavy atom. The summed E-state index contributed by atoms with van der Waals surface area (Å²) in [6.07, 6.45) is 0.706. The smallest absolute Gasteiger partial charge is 0.378 e. The van der Waals surface area contributed by atoms with Gasteiger partial charge in [-0.15, -0.1) is 0 Å². The molecule has 0 amide bonds. The van der Waals surface area contributed by atoms with E-state index in [0.717, 1.165) is 37.3 Å². The fraction of sp³-hybridized carbons (Fsp3) is 0.450. The number of benzene rings is 1. The summed E-state index contributed by atoms with van der Waals surface area (Å²) in [7, 11) is 1.59. The van der Waals surface area contributed by atoms with Crippen LogP contribution in [-0.4, -0.2) is 33.2 Å². The maximum Gasteiger partial charge on any atom is 0.416 e. The van der Waals surface area contributed by atoms with Crippen molar-refractivity contribution in [1.29, 1.82) is 0 Å². The van der Waals surface area contributed by atoms with Gasteiger partial charge in [0.1, 0.15) is 12.1 Å². The molecular weight excluding hydrogens is 383 g/mol. The van der Waals surface area contributed by atoms with Crippen LogP contribution in [-0.2, 0) is 22.9 Å². The second-order valence-electron chi connectivity index (χ2n) is 7.46. The number of rotatable bonds is 6. The Kier molecular flexibility index (Phi) is 5.16. The summed E-state index contributed by atoms with van der Waals surface area (Å²) in [6.45, 7) is 0.830. The Morgan fingerprint density at radius 1 is 1.21 bits per heavy atom. The first-order valence-electron chi connectivity index (χ1n) is 9.51. The van der Waals surface area contributed by atoms with E-state index in [9.17, 15) is 13.2 Å². The zero-order valence-corrected chi connectivity index (χ0v) is 16.0. The molecule has 0 spiro atoms. The summed E-state index contributed by atoms with van der Waals surface area (Å²) >= 11 is 0. The monoisotopic (exact) mass is 405 g/mol. The molecule has 1 aliphatic carbocycles. The molecule has 29 heavy (non-hydrogen) atoms. The molecule has 0 saturated heterocycles. The third kappa shape index (κ3) is 3.91. The average Bonchev–Trinajstić information content (AvgIpc) is 3.36. The SMILES string of the molecule is COCc1cc(NCC2(c3cccc(C(F)(F)F)c3)CCCC2)n2ncnc2n1. The van der Waals surface area contributed by atoms with Crippen molar-refractivity contribution in [3.8, 4) is 0 Å². The predicted molar refractivity (Wildman–Crippen MR) is 102 cm³/mol. The number of anilines is 1. The molecule has 2 aromatic heterocycles. The first-order valence-corrected chi connectivity index (χ1v) is 9.51. The molecule has 154 valence electrons. The lowest BCUT2D eigenvalue weighted by molar-refractivity contribution is -0.137. The summed E-state index contributed by atoms with van der Waals surface area (Å²) in [6, 6.07) is 7.55. The summed E-state index contributed by atoms with van der Waals surface area (Å²) < 4.78 is 46.5.